The number of hydrogen-bond acceptors (Lipinski definition) is 18. The molecule has 0 radical (unpaired) electrons. The van der Waals surface area contributed by atoms with Gasteiger partial charge in [0, 0.05) is 12.1 Å². The van der Waals surface area contributed by atoms with Crippen LogP contribution in [-0.4, -0.2) is 172 Å². The molecule has 4 aliphatic rings. The van der Waals surface area contributed by atoms with E-state index in [9.17, 15) is 35.4 Å². The zero-order valence-corrected chi connectivity index (χ0v) is 23.6. The molecule has 0 aromatic rings. The first-order valence-corrected chi connectivity index (χ1v) is 14.2. The lowest BCUT2D eigenvalue weighted by atomic mass is 9.84. The van der Waals surface area contributed by atoms with Gasteiger partial charge in [-0.25, -0.2) is 0 Å². The number of carbonyl (C=O) groups is 1. The highest BCUT2D eigenvalue weighted by Crippen LogP contribution is 2.35. The summed E-state index contributed by atoms with van der Waals surface area (Å²) in [5.41, 5.74) is 23.7. The molecule has 3 saturated heterocycles. The predicted octanol–water partition coefficient (Wildman–Crippen LogP) is -8.47. The molecule has 3 heterocycles. The van der Waals surface area contributed by atoms with Crippen LogP contribution in [-0.2, 0) is 28.5 Å². The summed E-state index contributed by atoms with van der Waals surface area (Å²) in [7, 11) is 1.51. The summed E-state index contributed by atoms with van der Waals surface area (Å²) in [5, 5.41) is 77.6. The summed E-state index contributed by atoms with van der Waals surface area (Å²) >= 11 is 0. The van der Waals surface area contributed by atoms with Crippen LogP contribution in [0.5, 0.6) is 0 Å². The third kappa shape index (κ3) is 7.13. The molecular formula is C24H46N6O13. The van der Waals surface area contributed by atoms with E-state index < -0.39 is 129 Å². The fourth-order valence-corrected chi connectivity index (χ4v) is 5.96. The van der Waals surface area contributed by atoms with Gasteiger partial charge in [0.25, 0.3) is 0 Å². The molecular weight excluding hydrogens is 580 g/mol. The summed E-state index contributed by atoms with van der Waals surface area (Å²) in [4.78, 5) is 12.1. The highest BCUT2D eigenvalue weighted by molar-refractivity contribution is 5.82. The summed E-state index contributed by atoms with van der Waals surface area (Å²) < 4.78 is 29.4. The van der Waals surface area contributed by atoms with Crippen LogP contribution >= 0.6 is 0 Å². The molecule has 19 heteroatoms. The summed E-state index contributed by atoms with van der Waals surface area (Å²) in [6, 6.07) is -5.83. The van der Waals surface area contributed by atoms with Gasteiger partial charge < -0.3 is 93.0 Å². The number of nitrogens with two attached hydrogens (primary N) is 4. The quantitative estimate of drug-likeness (QED) is 0.113. The number of aliphatic hydroxyl groups excluding tert-OH is 7. The van der Waals surface area contributed by atoms with Gasteiger partial charge in [-0.05, 0) is 19.9 Å². The van der Waals surface area contributed by atoms with Crippen molar-refractivity contribution in [3.63, 3.8) is 0 Å². The molecule has 0 spiro atoms. The third-order valence-corrected chi connectivity index (χ3v) is 8.53. The Labute approximate surface area is 247 Å². The SMILES string of the molecule is CNC1C(O[C@H]2OC(CO)[C@@H](NC(=O)[C@H](N)CO)[C@H](O)C2O)O[C@H]2CC(N)[C@@H](O[C@@H]3C(N)C[C@@H](N)C(O)[C@H]3O)OC2C1O. The lowest BCUT2D eigenvalue weighted by molar-refractivity contribution is -0.373. The molecule has 1 aliphatic carbocycles. The standard InChI is InChI=1S/C24H46N6O13/c1-29-13-16(35)20-10(3-8(27)22(42-20)41-19-7(26)2-6(25)14(33)17(19)36)39-23(13)43-24-18(37)15(34)12(11(5-32)40-24)30-21(38)9(28)4-31/h6-20,22-24,29,31-37H,2-5,25-28H2,1H3,(H,30,38)/t6-,7?,8?,9-,10+,11?,12-,13?,14?,15+,16?,17-,18?,19-,20?,22+,23?,24-/m1/s1. The first-order chi connectivity index (χ1) is 20.3. The van der Waals surface area contributed by atoms with Gasteiger partial charge in [0.05, 0.1) is 43.5 Å². The number of aliphatic hydroxyl groups is 7. The zero-order chi connectivity index (χ0) is 31.7. The second-order valence-electron chi connectivity index (χ2n) is 11.5. The van der Waals surface area contributed by atoms with Crippen LogP contribution in [0.15, 0.2) is 0 Å². The van der Waals surface area contributed by atoms with Gasteiger partial charge in [-0.1, -0.05) is 0 Å². The molecule has 43 heavy (non-hydrogen) atoms. The van der Waals surface area contributed by atoms with Crippen LogP contribution in [0.2, 0.25) is 0 Å². The summed E-state index contributed by atoms with van der Waals surface area (Å²) in [6.45, 7) is -1.36. The molecule has 1 amide bonds. The molecule has 0 aromatic carbocycles. The maximum absolute atomic E-state index is 12.1. The normalized spacial score (nSPS) is 49.6. The van der Waals surface area contributed by atoms with Crippen molar-refractivity contribution in [2.45, 2.75) is 123 Å². The average molecular weight is 627 g/mol. The van der Waals surface area contributed by atoms with Gasteiger partial charge in [0.2, 0.25) is 5.91 Å². The topological polar surface area (TPSA) is 333 Å². The molecule has 18 atom stereocenters. The van der Waals surface area contributed by atoms with Gasteiger partial charge >= 0.3 is 0 Å². The Hall–Kier alpha value is -1.21. The molecule has 4 rings (SSSR count). The molecule has 17 N–H and O–H groups in total. The Morgan fingerprint density at radius 1 is 0.814 bits per heavy atom. The monoisotopic (exact) mass is 626 g/mol. The maximum Gasteiger partial charge on any atom is 0.239 e. The number of fused-ring (bicyclic) bond motifs is 1. The van der Waals surface area contributed by atoms with Crippen molar-refractivity contribution >= 4 is 5.91 Å². The average Bonchev–Trinajstić information content (AvgIpc) is 2.97. The van der Waals surface area contributed by atoms with Crippen molar-refractivity contribution in [3.8, 4) is 0 Å². The molecule has 250 valence electrons. The van der Waals surface area contributed by atoms with E-state index in [0.717, 1.165) is 0 Å². The Kier molecular flexibility index (Phi) is 11.7. The van der Waals surface area contributed by atoms with E-state index in [2.05, 4.69) is 10.6 Å². The summed E-state index contributed by atoms with van der Waals surface area (Å²) in [6.07, 6.45) is -15.2. The highest BCUT2D eigenvalue weighted by atomic mass is 16.8. The largest absolute Gasteiger partial charge is 0.394 e. The second kappa shape index (κ2) is 14.5. The lowest BCUT2D eigenvalue weighted by Gasteiger charge is -2.51. The molecule has 1 saturated carbocycles. The van der Waals surface area contributed by atoms with Gasteiger partial charge in [-0.15, -0.1) is 0 Å². The number of rotatable bonds is 9. The van der Waals surface area contributed by atoms with E-state index in [-0.39, 0.29) is 12.8 Å². The minimum Gasteiger partial charge on any atom is -0.394 e. The van der Waals surface area contributed by atoms with Crippen molar-refractivity contribution in [1.29, 1.82) is 0 Å². The summed E-state index contributed by atoms with van der Waals surface area (Å²) in [5.74, 6) is -0.837. The second-order valence-corrected chi connectivity index (χ2v) is 11.5. The minimum absolute atomic E-state index is 0.0952. The van der Waals surface area contributed by atoms with E-state index in [4.69, 9.17) is 51.7 Å². The van der Waals surface area contributed by atoms with Crippen molar-refractivity contribution in [3.05, 3.63) is 0 Å². The number of carbonyl (C=O) groups excluding carboxylic acids is 1. The first kappa shape index (κ1) is 34.7. The molecule has 9 unspecified atom stereocenters. The van der Waals surface area contributed by atoms with E-state index in [0.29, 0.717) is 0 Å². The highest BCUT2D eigenvalue weighted by Gasteiger charge is 2.54. The number of likely N-dealkylation sites (N-methyl/N-ethyl adjacent to an activating group) is 1. The van der Waals surface area contributed by atoms with Crippen LogP contribution in [0, 0.1) is 0 Å². The Morgan fingerprint density at radius 2 is 1.51 bits per heavy atom. The first-order valence-electron chi connectivity index (χ1n) is 14.2. The predicted molar refractivity (Wildman–Crippen MR) is 142 cm³/mol. The fraction of sp³-hybridized carbons (Fsp3) is 0.958. The van der Waals surface area contributed by atoms with Crippen molar-refractivity contribution < 1.29 is 64.2 Å². The fourth-order valence-electron chi connectivity index (χ4n) is 5.96. The third-order valence-electron chi connectivity index (χ3n) is 8.53. The molecule has 0 aromatic heterocycles. The minimum atomic E-state index is -1.74. The van der Waals surface area contributed by atoms with E-state index in [1.807, 2.05) is 0 Å². The van der Waals surface area contributed by atoms with Gasteiger partial charge in [-0.2, -0.15) is 0 Å². The van der Waals surface area contributed by atoms with Gasteiger partial charge in [0.1, 0.15) is 48.8 Å². The Balaban J connectivity index is 1.42. The van der Waals surface area contributed by atoms with Crippen LogP contribution in [0.1, 0.15) is 12.8 Å². The van der Waals surface area contributed by atoms with Crippen LogP contribution in [0.25, 0.3) is 0 Å². The number of ether oxygens (including phenoxy) is 5. The molecule has 3 aliphatic heterocycles. The molecule has 0 bridgehead atoms. The van der Waals surface area contributed by atoms with Crippen molar-refractivity contribution in [1.82, 2.24) is 10.6 Å². The number of amides is 1. The van der Waals surface area contributed by atoms with Crippen molar-refractivity contribution in [2.75, 3.05) is 20.3 Å². The lowest BCUT2D eigenvalue weighted by Crippen LogP contribution is -2.70. The molecule has 19 nitrogen and oxygen atoms in total. The van der Waals surface area contributed by atoms with Crippen molar-refractivity contribution in [2.24, 2.45) is 22.9 Å². The van der Waals surface area contributed by atoms with E-state index in [1.165, 1.54) is 7.05 Å². The van der Waals surface area contributed by atoms with Gasteiger partial charge in [0.15, 0.2) is 18.9 Å². The smallest absolute Gasteiger partial charge is 0.239 e. The Bertz CT molecular complexity index is 925. The van der Waals surface area contributed by atoms with Crippen LogP contribution in [0.3, 0.4) is 0 Å². The van der Waals surface area contributed by atoms with Gasteiger partial charge in [-0.3, -0.25) is 4.79 Å². The van der Waals surface area contributed by atoms with Crippen LogP contribution < -0.4 is 33.6 Å². The number of hydrogen-bond donors (Lipinski definition) is 13. The Morgan fingerprint density at radius 3 is 2.14 bits per heavy atom. The maximum atomic E-state index is 12.1. The van der Waals surface area contributed by atoms with E-state index in [1.54, 1.807) is 0 Å². The van der Waals surface area contributed by atoms with E-state index >= 15 is 0 Å². The number of nitrogens with one attached hydrogen (secondary N) is 2. The zero-order valence-electron chi connectivity index (χ0n) is 23.6. The molecule has 4 fully saturated rings. The van der Waals surface area contributed by atoms with Crippen LogP contribution in [0.4, 0.5) is 0 Å².